The van der Waals surface area contributed by atoms with Crippen molar-refractivity contribution in [1.82, 2.24) is 4.90 Å². The van der Waals surface area contributed by atoms with Gasteiger partial charge >= 0.3 is 6.09 Å². The van der Waals surface area contributed by atoms with Crippen molar-refractivity contribution >= 4 is 33.4 Å². The number of amides is 3. The van der Waals surface area contributed by atoms with Crippen LogP contribution in [0.3, 0.4) is 0 Å². The first-order valence-electron chi connectivity index (χ1n) is 17.5. The number of methoxy groups -OCH3 is 2. The maximum absolute atomic E-state index is 13.8. The fourth-order valence-electron chi connectivity index (χ4n) is 5.15. The van der Waals surface area contributed by atoms with Crippen molar-refractivity contribution in [1.29, 1.82) is 0 Å². The normalized spacial score (nSPS) is 13.2. The number of nitrogens with one attached hydrogen (secondary N) is 1. The van der Waals surface area contributed by atoms with Crippen LogP contribution in [-0.4, -0.2) is 157 Å². The predicted molar refractivity (Wildman–Crippen MR) is 195 cm³/mol. The highest BCUT2D eigenvalue weighted by molar-refractivity contribution is 7.90. The molecular weight excluding hydrogens is 732 g/mol. The van der Waals surface area contributed by atoms with Crippen LogP contribution in [0, 0.1) is 0 Å². The lowest BCUT2D eigenvalue weighted by atomic mass is 10.1. The number of ether oxygens (including phenoxy) is 10. The van der Waals surface area contributed by atoms with Gasteiger partial charge < -0.3 is 47.4 Å². The number of carbonyl (C=O) groups excluding carboxylic acids is 3. The van der Waals surface area contributed by atoms with E-state index >= 15 is 0 Å². The first-order chi connectivity index (χ1) is 26.1. The fraction of sp³-hybridized carbons (Fsp3) is 0.583. The Morgan fingerprint density at radius 3 is 1.76 bits per heavy atom. The molecule has 2 aromatic rings. The zero-order valence-corrected chi connectivity index (χ0v) is 32.2. The van der Waals surface area contributed by atoms with Crippen LogP contribution in [0.25, 0.3) is 0 Å². The smallest absolute Gasteiger partial charge is 0.411 e. The Balaban J connectivity index is 1.36. The molecule has 0 unspecified atom stereocenters. The van der Waals surface area contributed by atoms with Gasteiger partial charge in [0.2, 0.25) is 0 Å². The molecule has 0 saturated carbocycles. The van der Waals surface area contributed by atoms with Gasteiger partial charge in [-0.05, 0) is 36.8 Å². The van der Waals surface area contributed by atoms with E-state index in [1.807, 2.05) is 0 Å². The minimum atomic E-state index is -3.69. The zero-order valence-electron chi connectivity index (χ0n) is 31.3. The van der Waals surface area contributed by atoms with E-state index < -0.39 is 39.5 Å². The molecule has 0 aromatic heterocycles. The van der Waals surface area contributed by atoms with E-state index in [0.29, 0.717) is 96.3 Å². The highest BCUT2D eigenvalue weighted by Crippen LogP contribution is 2.38. The van der Waals surface area contributed by atoms with Crippen LogP contribution in [0.1, 0.15) is 39.2 Å². The van der Waals surface area contributed by atoms with Crippen molar-refractivity contribution in [2.24, 2.45) is 0 Å². The average molecular weight is 785 g/mol. The Bertz CT molecular complexity index is 1570. The lowest BCUT2D eigenvalue weighted by molar-refractivity contribution is -0.0204. The summed E-state index contributed by atoms with van der Waals surface area (Å²) < 4.78 is 78.5. The third-order valence-corrected chi connectivity index (χ3v) is 8.50. The van der Waals surface area contributed by atoms with Crippen LogP contribution in [0.4, 0.5) is 10.5 Å². The fourth-order valence-corrected chi connectivity index (χ4v) is 6.06. The van der Waals surface area contributed by atoms with Gasteiger partial charge in [-0.25, -0.2) is 13.2 Å². The molecule has 54 heavy (non-hydrogen) atoms. The summed E-state index contributed by atoms with van der Waals surface area (Å²) in [6.07, 6.45) is 0.146. The van der Waals surface area contributed by atoms with E-state index in [0.717, 1.165) is 11.2 Å². The number of rotatable bonds is 29. The van der Waals surface area contributed by atoms with Crippen LogP contribution >= 0.6 is 0 Å². The van der Waals surface area contributed by atoms with E-state index in [4.69, 9.17) is 47.4 Å². The van der Waals surface area contributed by atoms with E-state index in [2.05, 4.69) is 5.32 Å². The average Bonchev–Trinajstić information content (AvgIpc) is 3.40. The monoisotopic (exact) mass is 784 g/mol. The van der Waals surface area contributed by atoms with Crippen LogP contribution in [-0.2, 0) is 47.7 Å². The standard InChI is InChI=1S/C36H52N2O15S/c1-5-52-32-25-27(9-10-31(32)45-3)30(26-54(4,42)43)38-34(39)28-7-6-8-29(33(28)35(38)40)37-36(41)53-24-23-51-22-21-50-20-19-49-18-17-48-16-15-47-14-13-46-12-11-44-2/h6-10,25,30H,5,11-24,26H2,1-4H3,(H,37,41)/t30-/m0/s1. The maximum Gasteiger partial charge on any atom is 0.411 e. The molecule has 0 fully saturated rings. The second-order valence-corrected chi connectivity index (χ2v) is 13.8. The number of anilines is 1. The molecule has 0 aliphatic carbocycles. The largest absolute Gasteiger partial charge is 0.493 e. The van der Waals surface area contributed by atoms with E-state index in [1.54, 1.807) is 32.2 Å². The van der Waals surface area contributed by atoms with Crippen LogP contribution < -0.4 is 14.8 Å². The van der Waals surface area contributed by atoms with Gasteiger partial charge in [0.25, 0.3) is 11.8 Å². The number of carbonyl (C=O) groups is 3. The topological polar surface area (TPSA) is 193 Å². The van der Waals surface area contributed by atoms with Gasteiger partial charge in [0.05, 0.1) is 128 Å². The number of fused-ring (bicyclic) bond motifs is 1. The first kappa shape index (κ1) is 44.5. The van der Waals surface area contributed by atoms with Gasteiger partial charge in [-0.15, -0.1) is 0 Å². The van der Waals surface area contributed by atoms with Gasteiger partial charge in [-0.3, -0.25) is 19.8 Å². The maximum atomic E-state index is 13.8. The van der Waals surface area contributed by atoms with Crippen molar-refractivity contribution in [3.05, 3.63) is 53.1 Å². The minimum absolute atomic E-state index is 0.00869. The van der Waals surface area contributed by atoms with Crippen molar-refractivity contribution in [2.75, 3.05) is 131 Å². The predicted octanol–water partition coefficient (Wildman–Crippen LogP) is 2.77. The van der Waals surface area contributed by atoms with Gasteiger partial charge in [0.1, 0.15) is 16.4 Å². The van der Waals surface area contributed by atoms with Crippen LogP contribution in [0.5, 0.6) is 11.5 Å². The Hall–Kier alpha value is -3.88. The van der Waals surface area contributed by atoms with Gasteiger partial charge in [-0.1, -0.05) is 12.1 Å². The van der Waals surface area contributed by atoms with Gasteiger partial charge in [-0.2, -0.15) is 0 Å². The first-order valence-corrected chi connectivity index (χ1v) is 19.6. The third kappa shape index (κ3) is 15.1. The van der Waals surface area contributed by atoms with Crippen LogP contribution in [0.2, 0.25) is 0 Å². The lowest BCUT2D eigenvalue weighted by Gasteiger charge is -2.27. The molecule has 1 heterocycles. The molecule has 1 atom stereocenters. The summed E-state index contributed by atoms with van der Waals surface area (Å²) in [6, 6.07) is 7.89. The molecule has 0 radical (unpaired) electrons. The molecule has 2 aromatic carbocycles. The second kappa shape index (κ2) is 24.5. The zero-order chi connectivity index (χ0) is 39.2. The summed E-state index contributed by atoms with van der Waals surface area (Å²) in [5, 5.41) is 2.51. The number of imide groups is 1. The number of sulfone groups is 1. The summed E-state index contributed by atoms with van der Waals surface area (Å²) in [5.41, 5.74) is 0.313. The number of nitrogens with zero attached hydrogens (tertiary/aromatic N) is 1. The molecule has 1 N–H and O–H groups in total. The molecule has 17 nitrogen and oxygen atoms in total. The minimum Gasteiger partial charge on any atom is -0.493 e. The summed E-state index contributed by atoms with van der Waals surface area (Å²) in [4.78, 5) is 40.9. The van der Waals surface area contributed by atoms with Crippen molar-refractivity contribution in [3.63, 3.8) is 0 Å². The molecule has 302 valence electrons. The summed E-state index contributed by atoms with van der Waals surface area (Å²) in [6.45, 7) is 7.34. The summed E-state index contributed by atoms with van der Waals surface area (Å²) >= 11 is 0. The lowest BCUT2D eigenvalue weighted by Crippen LogP contribution is -2.37. The van der Waals surface area contributed by atoms with E-state index in [1.165, 1.54) is 25.3 Å². The SMILES string of the molecule is CCOc1cc([C@H](CS(C)(=O)=O)N2C(=O)c3cccc(NC(=O)OCCOCCOCCOCCOCCOCCOCCOC)c3C2=O)ccc1OC. The second-order valence-electron chi connectivity index (χ2n) is 11.6. The van der Waals surface area contributed by atoms with Crippen LogP contribution in [0.15, 0.2) is 36.4 Å². The van der Waals surface area contributed by atoms with Gasteiger partial charge in [0, 0.05) is 13.4 Å². The van der Waals surface area contributed by atoms with Gasteiger partial charge in [0.15, 0.2) is 11.5 Å². The van der Waals surface area contributed by atoms with Crippen molar-refractivity contribution in [2.45, 2.75) is 13.0 Å². The molecule has 0 spiro atoms. The Morgan fingerprint density at radius 1 is 0.722 bits per heavy atom. The Morgan fingerprint density at radius 2 is 1.26 bits per heavy atom. The molecule has 3 rings (SSSR count). The molecule has 1 aliphatic rings. The molecule has 0 bridgehead atoms. The van der Waals surface area contributed by atoms with E-state index in [-0.39, 0.29) is 36.6 Å². The quantitative estimate of drug-likeness (QED) is 0.0935. The molecule has 0 saturated heterocycles. The Labute approximate surface area is 316 Å². The molecular formula is C36H52N2O15S. The highest BCUT2D eigenvalue weighted by atomic mass is 32.2. The van der Waals surface area contributed by atoms with Crippen molar-refractivity contribution in [3.8, 4) is 11.5 Å². The molecule has 18 heteroatoms. The van der Waals surface area contributed by atoms with E-state index in [9.17, 15) is 22.8 Å². The molecule has 1 aliphatic heterocycles. The van der Waals surface area contributed by atoms with Crippen molar-refractivity contribution < 1.29 is 70.2 Å². The molecule has 3 amide bonds. The Kier molecular flexibility index (Phi) is 20.2. The number of hydrogen-bond acceptors (Lipinski definition) is 15. The third-order valence-electron chi connectivity index (χ3n) is 7.58. The number of hydrogen-bond donors (Lipinski definition) is 1. The summed E-state index contributed by atoms with van der Waals surface area (Å²) in [7, 11) is -0.610. The number of benzene rings is 2. The highest BCUT2D eigenvalue weighted by Gasteiger charge is 2.43. The summed E-state index contributed by atoms with van der Waals surface area (Å²) in [5.74, 6) is -1.29.